The minimum Gasteiger partial charge on any atom is -0.320 e. The van der Waals surface area contributed by atoms with Crippen LogP contribution in [-0.2, 0) is 6.42 Å². The first-order valence-corrected chi connectivity index (χ1v) is 4.47. The van der Waals surface area contributed by atoms with Crippen molar-refractivity contribution >= 4 is 5.69 Å². The molecular weight excluding hydrogens is 244 g/mol. The van der Waals surface area contributed by atoms with Gasteiger partial charge in [-0.25, -0.2) is 0 Å². The van der Waals surface area contributed by atoms with Gasteiger partial charge in [0, 0.05) is 6.07 Å². The molecule has 0 radical (unpaired) electrons. The van der Waals surface area contributed by atoms with E-state index < -0.39 is 35.1 Å². The van der Waals surface area contributed by atoms with E-state index in [1.807, 2.05) is 0 Å². The van der Waals surface area contributed by atoms with Gasteiger partial charge in [0.05, 0.1) is 4.92 Å². The van der Waals surface area contributed by atoms with E-state index in [1.54, 1.807) is 0 Å². The first-order chi connectivity index (χ1) is 7.71. The van der Waals surface area contributed by atoms with Crippen molar-refractivity contribution < 1.29 is 22.5 Å². The summed E-state index contributed by atoms with van der Waals surface area (Å²) in [6, 6.07) is 0.424. The maximum atomic E-state index is 13.1. The largest absolute Gasteiger partial charge is 0.403 e. The summed E-state index contributed by atoms with van der Waals surface area (Å²) in [5, 5.41) is 10.3. The summed E-state index contributed by atoms with van der Waals surface area (Å²) < 4.78 is 49.4. The van der Waals surface area contributed by atoms with Crippen molar-refractivity contribution in [1.29, 1.82) is 0 Å². The molecule has 0 saturated carbocycles. The van der Waals surface area contributed by atoms with Crippen molar-refractivity contribution in [2.45, 2.75) is 18.6 Å². The number of halogens is 4. The second-order valence-electron chi connectivity index (χ2n) is 3.40. The SMILES string of the molecule is NC(Cc1ccc([N+](=O)[O-])c(F)c1)C(F)(F)F. The van der Waals surface area contributed by atoms with Crippen LogP contribution in [0.5, 0.6) is 0 Å². The summed E-state index contributed by atoms with van der Waals surface area (Å²) in [5.74, 6) is -1.18. The van der Waals surface area contributed by atoms with Gasteiger partial charge in [0.1, 0.15) is 6.04 Å². The van der Waals surface area contributed by atoms with Gasteiger partial charge in [0.25, 0.3) is 0 Å². The number of nitrogens with two attached hydrogens (primary N) is 1. The minimum absolute atomic E-state index is 0.0436. The molecule has 2 N–H and O–H groups in total. The average Bonchev–Trinajstić information content (AvgIpc) is 2.15. The van der Waals surface area contributed by atoms with Crippen molar-refractivity contribution in [2.75, 3.05) is 0 Å². The summed E-state index contributed by atoms with van der Waals surface area (Å²) >= 11 is 0. The van der Waals surface area contributed by atoms with Crippen LogP contribution in [0.1, 0.15) is 5.56 Å². The summed E-state index contributed by atoms with van der Waals surface area (Å²) in [5.41, 5.74) is 4.02. The van der Waals surface area contributed by atoms with E-state index in [1.165, 1.54) is 0 Å². The number of rotatable bonds is 3. The lowest BCUT2D eigenvalue weighted by molar-refractivity contribution is -0.387. The number of benzene rings is 1. The fourth-order valence-corrected chi connectivity index (χ4v) is 1.20. The number of hydrogen-bond donors (Lipinski definition) is 1. The van der Waals surface area contributed by atoms with Gasteiger partial charge in [-0.3, -0.25) is 10.1 Å². The van der Waals surface area contributed by atoms with E-state index in [-0.39, 0.29) is 5.56 Å². The molecule has 1 atom stereocenters. The molecule has 1 aromatic carbocycles. The lowest BCUT2D eigenvalue weighted by atomic mass is 10.1. The van der Waals surface area contributed by atoms with Crippen molar-refractivity contribution in [1.82, 2.24) is 0 Å². The Morgan fingerprint density at radius 2 is 2.00 bits per heavy atom. The molecular formula is C9H8F4N2O2. The van der Waals surface area contributed by atoms with Crippen molar-refractivity contribution in [3.8, 4) is 0 Å². The van der Waals surface area contributed by atoms with E-state index >= 15 is 0 Å². The van der Waals surface area contributed by atoms with Crippen LogP contribution >= 0.6 is 0 Å². The third kappa shape index (κ3) is 3.38. The molecule has 1 aromatic rings. The standard InChI is InChI=1S/C9H8F4N2O2/c10-6-3-5(1-2-7(6)15(16)17)4-8(14)9(11,12)13/h1-3,8H,4,14H2. The third-order valence-electron chi connectivity index (χ3n) is 2.08. The molecule has 0 bridgehead atoms. The predicted molar refractivity (Wildman–Crippen MR) is 50.8 cm³/mol. The molecule has 94 valence electrons. The Morgan fingerprint density at radius 1 is 1.41 bits per heavy atom. The fourth-order valence-electron chi connectivity index (χ4n) is 1.20. The summed E-state index contributed by atoms with van der Waals surface area (Å²) in [6.45, 7) is 0. The summed E-state index contributed by atoms with van der Waals surface area (Å²) in [6.07, 6.45) is -5.21. The van der Waals surface area contributed by atoms with Crippen LogP contribution in [0.15, 0.2) is 18.2 Å². The quantitative estimate of drug-likeness (QED) is 0.509. The van der Waals surface area contributed by atoms with Gasteiger partial charge in [0.2, 0.25) is 5.82 Å². The molecule has 1 rings (SSSR count). The van der Waals surface area contributed by atoms with Crippen LogP contribution in [0.25, 0.3) is 0 Å². The van der Waals surface area contributed by atoms with E-state index in [0.717, 1.165) is 12.1 Å². The van der Waals surface area contributed by atoms with Gasteiger partial charge in [0.15, 0.2) is 0 Å². The smallest absolute Gasteiger partial charge is 0.320 e. The fraction of sp³-hybridized carbons (Fsp3) is 0.333. The van der Waals surface area contributed by atoms with Gasteiger partial charge in [-0.05, 0) is 18.1 Å². The van der Waals surface area contributed by atoms with Crippen molar-refractivity contribution in [3.05, 3.63) is 39.7 Å². The van der Waals surface area contributed by atoms with E-state index in [4.69, 9.17) is 5.73 Å². The second-order valence-corrected chi connectivity index (χ2v) is 3.40. The number of alkyl halides is 3. The molecule has 17 heavy (non-hydrogen) atoms. The third-order valence-corrected chi connectivity index (χ3v) is 2.08. The molecule has 0 aromatic heterocycles. The van der Waals surface area contributed by atoms with Crippen LogP contribution in [0.4, 0.5) is 23.2 Å². The molecule has 0 aliphatic heterocycles. The first kappa shape index (κ1) is 13.4. The molecule has 0 aliphatic rings. The zero-order valence-corrected chi connectivity index (χ0v) is 8.37. The maximum absolute atomic E-state index is 13.1. The Morgan fingerprint density at radius 3 is 2.41 bits per heavy atom. The Kier molecular flexibility index (Phi) is 3.66. The first-order valence-electron chi connectivity index (χ1n) is 4.47. The Bertz CT molecular complexity index is 433. The van der Waals surface area contributed by atoms with Gasteiger partial charge < -0.3 is 5.73 Å². The molecule has 0 heterocycles. The topological polar surface area (TPSA) is 69.2 Å². The molecule has 0 fully saturated rings. The monoisotopic (exact) mass is 252 g/mol. The van der Waals surface area contributed by atoms with E-state index in [9.17, 15) is 27.7 Å². The highest BCUT2D eigenvalue weighted by molar-refractivity contribution is 5.35. The number of nitro benzene ring substituents is 1. The number of nitrogens with zero attached hydrogens (tertiary/aromatic N) is 1. The van der Waals surface area contributed by atoms with Crippen LogP contribution in [-0.4, -0.2) is 17.1 Å². The summed E-state index contributed by atoms with van der Waals surface area (Å²) in [4.78, 5) is 9.32. The number of hydrogen-bond acceptors (Lipinski definition) is 3. The van der Waals surface area contributed by atoms with Gasteiger partial charge in [-0.15, -0.1) is 0 Å². The molecule has 8 heteroatoms. The van der Waals surface area contributed by atoms with Crippen LogP contribution in [0.2, 0.25) is 0 Å². The van der Waals surface area contributed by atoms with Crippen LogP contribution < -0.4 is 5.73 Å². The minimum atomic E-state index is -4.59. The molecule has 0 saturated heterocycles. The molecule has 0 amide bonds. The van der Waals surface area contributed by atoms with Gasteiger partial charge >= 0.3 is 11.9 Å². The van der Waals surface area contributed by atoms with Gasteiger partial charge in [-0.2, -0.15) is 17.6 Å². The zero-order chi connectivity index (χ0) is 13.2. The van der Waals surface area contributed by atoms with Crippen molar-refractivity contribution in [2.24, 2.45) is 5.73 Å². The molecule has 0 aliphatic carbocycles. The Hall–Kier alpha value is -1.70. The molecule has 0 spiro atoms. The Labute approximate surface area is 93.2 Å². The second kappa shape index (κ2) is 4.66. The highest BCUT2D eigenvalue weighted by Gasteiger charge is 2.36. The average molecular weight is 252 g/mol. The predicted octanol–water partition coefficient (Wildman–Crippen LogP) is 2.17. The maximum Gasteiger partial charge on any atom is 0.403 e. The van der Waals surface area contributed by atoms with Gasteiger partial charge in [-0.1, -0.05) is 6.07 Å². The number of nitro groups is 1. The lowest BCUT2D eigenvalue weighted by Gasteiger charge is -2.15. The van der Waals surface area contributed by atoms with E-state index in [0.29, 0.717) is 6.07 Å². The lowest BCUT2D eigenvalue weighted by Crippen LogP contribution is -2.39. The highest BCUT2D eigenvalue weighted by atomic mass is 19.4. The summed E-state index contributed by atoms with van der Waals surface area (Å²) in [7, 11) is 0. The Balaban J connectivity index is 2.88. The van der Waals surface area contributed by atoms with Crippen molar-refractivity contribution in [3.63, 3.8) is 0 Å². The van der Waals surface area contributed by atoms with Crippen LogP contribution in [0, 0.1) is 15.9 Å². The molecule has 4 nitrogen and oxygen atoms in total. The highest BCUT2D eigenvalue weighted by Crippen LogP contribution is 2.23. The zero-order valence-electron chi connectivity index (χ0n) is 8.37. The van der Waals surface area contributed by atoms with E-state index in [2.05, 4.69) is 0 Å². The molecule has 1 unspecified atom stereocenters. The van der Waals surface area contributed by atoms with Crippen LogP contribution in [0.3, 0.4) is 0 Å². The normalized spacial score (nSPS) is 13.5.